The number of hydrogen-bond acceptors (Lipinski definition) is 6. The number of nitrogens with one attached hydrogen (secondary N) is 1. The van der Waals surface area contributed by atoms with Gasteiger partial charge in [0.25, 0.3) is 10.1 Å². The fraction of sp³-hybridized carbons (Fsp3) is 0.571. The zero-order valence-electron chi connectivity index (χ0n) is 12.6. The second kappa shape index (κ2) is 5.92. The normalized spacial score (nSPS) is 25.0. The molecule has 0 bridgehead atoms. The van der Waals surface area contributed by atoms with Crippen LogP contribution in [0.1, 0.15) is 32.4 Å². The van der Waals surface area contributed by atoms with Gasteiger partial charge in [-0.2, -0.15) is 8.42 Å². The first-order valence-electron chi connectivity index (χ1n) is 6.81. The zero-order valence-corrected chi connectivity index (χ0v) is 13.4. The summed E-state index contributed by atoms with van der Waals surface area (Å²) in [7, 11) is -1.85. The second-order valence-electron chi connectivity index (χ2n) is 5.20. The summed E-state index contributed by atoms with van der Waals surface area (Å²) in [5.41, 5.74) is 1.63. The number of benzene rings is 1. The van der Waals surface area contributed by atoms with E-state index in [4.69, 9.17) is 13.7 Å². The Balaban J connectivity index is 2.35. The van der Waals surface area contributed by atoms with Gasteiger partial charge in [0.2, 0.25) is 6.29 Å². The largest absolute Gasteiger partial charge is 0.388 e. The predicted molar refractivity (Wildman–Crippen MR) is 79.3 cm³/mol. The number of hydrogen-bond donors (Lipinski definition) is 1. The van der Waals surface area contributed by atoms with Gasteiger partial charge in [-0.15, -0.1) is 0 Å². The van der Waals surface area contributed by atoms with E-state index >= 15 is 0 Å². The topological polar surface area (TPSA) is 73.9 Å². The average molecular weight is 315 g/mol. The van der Waals surface area contributed by atoms with E-state index in [2.05, 4.69) is 5.32 Å². The Morgan fingerprint density at radius 2 is 1.95 bits per heavy atom. The quantitative estimate of drug-likeness (QED) is 0.840. The summed E-state index contributed by atoms with van der Waals surface area (Å²) in [6, 6.07) is 7.48. The number of para-hydroxylation sites is 1. The van der Waals surface area contributed by atoms with E-state index in [1.807, 2.05) is 24.3 Å². The lowest BCUT2D eigenvalue weighted by atomic mass is 10.1. The molecule has 7 heteroatoms. The third-order valence-electron chi connectivity index (χ3n) is 3.19. The highest BCUT2D eigenvalue weighted by Gasteiger charge is 2.45. The zero-order chi connectivity index (χ0) is 15.7. The van der Waals surface area contributed by atoms with Crippen LogP contribution in [0.15, 0.2) is 24.3 Å². The molecule has 1 heterocycles. The van der Waals surface area contributed by atoms with Gasteiger partial charge in [-0.05, 0) is 26.8 Å². The SMILES string of the molecule is CCS(=O)(=O)O[C@H]1OC(C)(C)O[C@@H]1c1ccccc1NC. The maximum Gasteiger partial charge on any atom is 0.269 e. The van der Waals surface area contributed by atoms with Gasteiger partial charge in [0.15, 0.2) is 5.79 Å². The van der Waals surface area contributed by atoms with Crippen LogP contribution in [-0.4, -0.2) is 33.3 Å². The molecule has 0 unspecified atom stereocenters. The van der Waals surface area contributed by atoms with Crippen LogP contribution in [0.4, 0.5) is 5.69 Å². The fourth-order valence-electron chi connectivity index (χ4n) is 2.20. The molecule has 0 amide bonds. The van der Waals surface area contributed by atoms with E-state index < -0.39 is 28.3 Å². The molecule has 0 aromatic heterocycles. The van der Waals surface area contributed by atoms with Crippen LogP contribution in [0.25, 0.3) is 0 Å². The molecule has 1 N–H and O–H groups in total. The maximum absolute atomic E-state index is 11.7. The van der Waals surface area contributed by atoms with Crippen molar-refractivity contribution in [3.8, 4) is 0 Å². The van der Waals surface area contributed by atoms with Gasteiger partial charge in [0.05, 0.1) is 5.75 Å². The van der Waals surface area contributed by atoms with Gasteiger partial charge in [0, 0.05) is 18.3 Å². The Morgan fingerprint density at radius 3 is 2.57 bits per heavy atom. The van der Waals surface area contributed by atoms with Gasteiger partial charge in [-0.25, -0.2) is 4.18 Å². The van der Waals surface area contributed by atoms with E-state index in [1.165, 1.54) is 6.92 Å². The van der Waals surface area contributed by atoms with Crippen molar-refractivity contribution in [3.05, 3.63) is 29.8 Å². The summed E-state index contributed by atoms with van der Waals surface area (Å²) in [5.74, 6) is -1.03. The summed E-state index contributed by atoms with van der Waals surface area (Å²) in [6.07, 6.45) is -1.62. The molecular weight excluding hydrogens is 294 g/mol. The van der Waals surface area contributed by atoms with Crippen molar-refractivity contribution in [2.75, 3.05) is 18.1 Å². The van der Waals surface area contributed by atoms with Crippen LogP contribution in [-0.2, 0) is 23.8 Å². The minimum absolute atomic E-state index is 0.117. The summed E-state index contributed by atoms with van der Waals surface area (Å²) >= 11 is 0. The second-order valence-corrected chi connectivity index (χ2v) is 7.09. The van der Waals surface area contributed by atoms with Crippen LogP contribution >= 0.6 is 0 Å². The van der Waals surface area contributed by atoms with E-state index in [1.54, 1.807) is 20.9 Å². The maximum atomic E-state index is 11.7. The number of rotatable bonds is 5. The molecule has 2 atom stereocenters. The average Bonchev–Trinajstić information content (AvgIpc) is 2.72. The van der Waals surface area contributed by atoms with Crippen molar-refractivity contribution in [1.29, 1.82) is 0 Å². The lowest BCUT2D eigenvalue weighted by Crippen LogP contribution is -2.26. The van der Waals surface area contributed by atoms with E-state index in [9.17, 15) is 8.42 Å². The molecule has 21 heavy (non-hydrogen) atoms. The van der Waals surface area contributed by atoms with Crippen molar-refractivity contribution in [2.24, 2.45) is 0 Å². The molecule has 0 aliphatic carbocycles. The third kappa shape index (κ3) is 3.74. The first-order chi connectivity index (χ1) is 9.78. The van der Waals surface area contributed by atoms with Crippen molar-refractivity contribution >= 4 is 15.8 Å². The van der Waals surface area contributed by atoms with E-state index in [0.717, 1.165) is 11.3 Å². The molecule has 6 nitrogen and oxygen atoms in total. The van der Waals surface area contributed by atoms with Gasteiger partial charge >= 0.3 is 0 Å². The van der Waals surface area contributed by atoms with Crippen LogP contribution in [0, 0.1) is 0 Å². The highest BCUT2D eigenvalue weighted by Crippen LogP contribution is 2.41. The minimum Gasteiger partial charge on any atom is -0.388 e. The van der Waals surface area contributed by atoms with Crippen LogP contribution < -0.4 is 5.32 Å². The van der Waals surface area contributed by atoms with Crippen molar-refractivity contribution in [1.82, 2.24) is 0 Å². The molecule has 1 aromatic rings. The van der Waals surface area contributed by atoms with Crippen LogP contribution in [0.3, 0.4) is 0 Å². The van der Waals surface area contributed by atoms with Crippen molar-refractivity contribution in [2.45, 2.75) is 39.0 Å². The molecular formula is C14H21NO5S. The van der Waals surface area contributed by atoms with Crippen molar-refractivity contribution < 1.29 is 22.1 Å². The molecule has 1 saturated heterocycles. The van der Waals surface area contributed by atoms with Gasteiger partial charge in [-0.3, -0.25) is 0 Å². The molecule has 0 spiro atoms. The van der Waals surface area contributed by atoms with Crippen molar-refractivity contribution in [3.63, 3.8) is 0 Å². The smallest absolute Gasteiger partial charge is 0.269 e. The Hall–Kier alpha value is -1.15. The first kappa shape index (κ1) is 16.2. The molecule has 1 aliphatic rings. The molecule has 2 rings (SSSR count). The highest BCUT2D eigenvalue weighted by atomic mass is 32.2. The molecule has 1 fully saturated rings. The van der Waals surface area contributed by atoms with Gasteiger partial charge in [0.1, 0.15) is 6.10 Å². The fourth-order valence-corrected chi connectivity index (χ4v) is 2.76. The Labute approximate surface area is 125 Å². The Bertz CT molecular complexity index is 599. The molecule has 118 valence electrons. The number of anilines is 1. The Kier molecular flexibility index (Phi) is 4.57. The summed E-state index contributed by atoms with van der Waals surface area (Å²) in [6.45, 7) is 4.97. The molecule has 1 aromatic carbocycles. The standard InChI is InChI=1S/C14H21NO5S/c1-5-21(16,17)20-13-12(18-14(2,3)19-13)10-8-6-7-9-11(10)15-4/h6-9,12-13,15H,5H2,1-4H3/t12-,13-/m1/s1. The molecule has 0 saturated carbocycles. The number of ether oxygens (including phenoxy) is 2. The highest BCUT2D eigenvalue weighted by molar-refractivity contribution is 7.86. The van der Waals surface area contributed by atoms with Gasteiger partial charge < -0.3 is 14.8 Å². The summed E-state index contributed by atoms with van der Waals surface area (Å²) in [5, 5.41) is 3.06. The minimum atomic E-state index is -3.64. The summed E-state index contributed by atoms with van der Waals surface area (Å²) < 4.78 is 40.0. The Morgan fingerprint density at radius 1 is 1.29 bits per heavy atom. The van der Waals surface area contributed by atoms with Gasteiger partial charge in [-0.1, -0.05) is 18.2 Å². The van der Waals surface area contributed by atoms with Crippen LogP contribution in [0.2, 0.25) is 0 Å². The van der Waals surface area contributed by atoms with E-state index in [-0.39, 0.29) is 5.75 Å². The first-order valence-corrected chi connectivity index (χ1v) is 8.39. The monoisotopic (exact) mass is 315 g/mol. The third-order valence-corrected chi connectivity index (χ3v) is 4.38. The predicted octanol–water partition coefficient (Wildman–Crippen LogP) is 2.24. The van der Waals surface area contributed by atoms with E-state index in [0.29, 0.717) is 0 Å². The molecule has 1 aliphatic heterocycles. The summed E-state index contributed by atoms with van der Waals surface area (Å²) in [4.78, 5) is 0. The van der Waals surface area contributed by atoms with Crippen LogP contribution in [0.5, 0.6) is 0 Å². The lowest BCUT2D eigenvalue weighted by Gasteiger charge is -2.19. The lowest BCUT2D eigenvalue weighted by molar-refractivity contribution is -0.167. The molecule has 0 radical (unpaired) electrons.